The van der Waals surface area contributed by atoms with Crippen LogP contribution in [0.5, 0.6) is 0 Å². The molecule has 0 aromatic carbocycles. The molecule has 2 aliphatic rings. The van der Waals surface area contributed by atoms with Crippen molar-refractivity contribution in [3.8, 4) is 0 Å². The van der Waals surface area contributed by atoms with Gasteiger partial charge in [0.15, 0.2) is 5.96 Å². The summed E-state index contributed by atoms with van der Waals surface area (Å²) in [7, 11) is 1.82. The molecule has 1 atom stereocenters. The molecule has 0 aliphatic carbocycles. The van der Waals surface area contributed by atoms with Crippen molar-refractivity contribution < 1.29 is 4.74 Å². The predicted molar refractivity (Wildman–Crippen MR) is 97.9 cm³/mol. The minimum Gasteiger partial charge on any atom is -0.381 e. The van der Waals surface area contributed by atoms with Gasteiger partial charge < -0.3 is 20.3 Å². The fraction of sp³-hybridized carbons (Fsp3) is 0.647. The Kier molecular flexibility index (Phi) is 6.15. The molecule has 7 heteroatoms. The average Bonchev–Trinajstić information content (AvgIpc) is 3.08. The van der Waals surface area contributed by atoms with Crippen LogP contribution < -0.4 is 15.5 Å². The van der Waals surface area contributed by atoms with Crippen molar-refractivity contribution in [3.05, 3.63) is 23.4 Å². The monoisotopic (exact) mass is 351 g/mol. The second-order valence-electron chi connectivity index (χ2n) is 6.39. The van der Waals surface area contributed by atoms with Crippen molar-refractivity contribution in [1.29, 1.82) is 0 Å². The summed E-state index contributed by atoms with van der Waals surface area (Å²) < 4.78 is 5.41. The van der Waals surface area contributed by atoms with Crippen LogP contribution in [-0.4, -0.2) is 56.9 Å². The van der Waals surface area contributed by atoms with Gasteiger partial charge in [-0.3, -0.25) is 4.99 Å². The van der Waals surface area contributed by atoms with Crippen LogP contribution in [0.1, 0.15) is 19.3 Å². The van der Waals surface area contributed by atoms with Crippen LogP contribution in [0.15, 0.2) is 23.3 Å². The normalized spacial score (nSPS) is 22.7. The molecule has 2 N–H and O–H groups in total. The summed E-state index contributed by atoms with van der Waals surface area (Å²) in [5.74, 6) is 2.42. The largest absolute Gasteiger partial charge is 0.381 e. The lowest BCUT2D eigenvalue weighted by molar-refractivity contribution is 0.0675. The maximum Gasteiger partial charge on any atom is 0.191 e. The Morgan fingerprint density at radius 2 is 2.25 bits per heavy atom. The zero-order valence-corrected chi connectivity index (χ0v) is 14.9. The molecule has 0 bridgehead atoms. The van der Waals surface area contributed by atoms with E-state index in [1.807, 2.05) is 19.2 Å². The number of hydrogen-bond donors (Lipinski definition) is 2. The third kappa shape index (κ3) is 4.51. The SMILES string of the molecule is CN=C(NCC1CCOCC1)NC1CCN(c2ncccc2Cl)C1. The van der Waals surface area contributed by atoms with Gasteiger partial charge >= 0.3 is 0 Å². The maximum absolute atomic E-state index is 6.25. The summed E-state index contributed by atoms with van der Waals surface area (Å²) in [5.41, 5.74) is 0. The molecule has 1 aromatic rings. The van der Waals surface area contributed by atoms with E-state index >= 15 is 0 Å². The van der Waals surface area contributed by atoms with E-state index in [4.69, 9.17) is 16.3 Å². The summed E-state index contributed by atoms with van der Waals surface area (Å²) in [6, 6.07) is 4.10. The molecule has 132 valence electrons. The molecule has 3 heterocycles. The van der Waals surface area contributed by atoms with Crippen LogP contribution in [0.2, 0.25) is 5.02 Å². The first-order valence-electron chi connectivity index (χ1n) is 8.66. The summed E-state index contributed by atoms with van der Waals surface area (Å²) in [6.07, 6.45) is 5.08. The van der Waals surface area contributed by atoms with E-state index in [1.165, 1.54) is 0 Å². The van der Waals surface area contributed by atoms with Crippen molar-refractivity contribution >= 4 is 23.4 Å². The van der Waals surface area contributed by atoms with Crippen LogP contribution in [0, 0.1) is 5.92 Å². The highest BCUT2D eigenvalue weighted by Gasteiger charge is 2.25. The number of aromatic nitrogens is 1. The van der Waals surface area contributed by atoms with E-state index in [0.717, 1.165) is 63.9 Å². The van der Waals surface area contributed by atoms with Gasteiger partial charge in [0.1, 0.15) is 5.82 Å². The molecule has 2 aliphatic heterocycles. The lowest BCUT2D eigenvalue weighted by atomic mass is 10.0. The Bertz CT molecular complexity index is 562. The molecule has 6 nitrogen and oxygen atoms in total. The van der Waals surface area contributed by atoms with E-state index in [0.29, 0.717) is 17.0 Å². The smallest absolute Gasteiger partial charge is 0.191 e. The minimum absolute atomic E-state index is 0.351. The Balaban J connectivity index is 1.47. The average molecular weight is 352 g/mol. The molecule has 1 aromatic heterocycles. The molecule has 3 rings (SSSR count). The number of aliphatic imine (C=N–C) groups is 1. The third-order valence-corrected chi connectivity index (χ3v) is 4.99. The maximum atomic E-state index is 6.25. The number of pyridine rings is 1. The summed E-state index contributed by atoms with van der Waals surface area (Å²) in [6.45, 7) is 4.53. The Labute approximate surface area is 148 Å². The number of hydrogen-bond acceptors (Lipinski definition) is 4. The van der Waals surface area contributed by atoms with Crippen molar-refractivity contribution in [3.63, 3.8) is 0 Å². The molecule has 0 spiro atoms. The fourth-order valence-corrected chi connectivity index (χ4v) is 3.50. The van der Waals surface area contributed by atoms with Gasteiger partial charge in [-0.05, 0) is 37.3 Å². The van der Waals surface area contributed by atoms with Gasteiger partial charge in [0, 0.05) is 52.1 Å². The summed E-state index contributed by atoms with van der Waals surface area (Å²) in [5, 5.41) is 7.68. The summed E-state index contributed by atoms with van der Waals surface area (Å²) >= 11 is 6.25. The molecule has 2 fully saturated rings. The summed E-state index contributed by atoms with van der Waals surface area (Å²) in [4.78, 5) is 11.0. The lowest BCUT2D eigenvalue weighted by Gasteiger charge is -2.24. The third-order valence-electron chi connectivity index (χ3n) is 4.69. The van der Waals surface area contributed by atoms with E-state index in [2.05, 4.69) is 25.5 Å². The van der Waals surface area contributed by atoms with Crippen molar-refractivity contribution in [1.82, 2.24) is 15.6 Å². The minimum atomic E-state index is 0.351. The van der Waals surface area contributed by atoms with Gasteiger partial charge in [0.05, 0.1) is 5.02 Å². The van der Waals surface area contributed by atoms with Gasteiger partial charge in [-0.25, -0.2) is 4.98 Å². The second kappa shape index (κ2) is 8.53. The number of nitrogens with zero attached hydrogens (tertiary/aromatic N) is 3. The number of halogens is 1. The van der Waals surface area contributed by atoms with Crippen LogP contribution >= 0.6 is 11.6 Å². The van der Waals surface area contributed by atoms with Crippen LogP contribution in [0.4, 0.5) is 5.82 Å². The number of ether oxygens (including phenoxy) is 1. The van der Waals surface area contributed by atoms with E-state index in [1.54, 1.807) is 6.20 Å². The van der Waals surface area contributed by atoms with Gasteiger partial charge in [0.2, 0.25) is 0 Å². The Hall–Kier alpha value is -1.53. The predicted octanol–water partition coefficient (Wildman–Crippen LogP) is 1.91. The number of anilines is 1. The van der Waals surface area contributed by atoms with Crippen molar-refractivity contribution in [2.75, 3.05) is 44.8 Å². The Morgan fingerprint density at radius 1 is 1.42 bits per heavy atom. The molecular weight excluding hydrogens is 326 g/mol. The van der Waals surface area contributed by atoms with Crippen LogP contribution in [0.3, 0.4) is 0 Å². The molecule has 0 saturated carbocycles. The van der Waals surface area contributed by atoms with E-state index in [9.17, 15) is 0 Å². The zero-order valence-electron chi connectivity index (χ0n) is 14.2. The molecule has 24 heavy (non-hydrogen) atoms. The fourth-order valence-electron chi connectivity index (χ4n) is 3.26. The molecule has 1 unspecified atom stereocenters. The van der Waals surface area contributed by atoms with Gasteiger partial charge in [-0.1, -0.05) is 11.6 Å². The molecule has 2 saturated heterocycles. The first-order chi connectivity index (χ1) is 11.8. The van der Waals surface area contributed by atoms with Crippen LogP contribution in [-0.2, 0) is 4.74 Å². The van der Waals surface area contributed by atoms with Crippen molar-refractivity contribution in [2.24, 2.45) is 10.9 Å². The van der Waals surface area contributed by atoms with Gasteiger partial charge in [-0.15, -0.1) is 0 Å². The van der Waals surface area contributed by atoms with Gasteiger partial charge in [0.25, 0.3) is 0 Å². The quantitative estimate of drug-likeness (QED) is 0.641. The molecule has 0 amide bonds. The zero-order chi connectivity index (χ0) is 16.8. The topological polar surface area (TPSA) is 61.8 Å². The highest BCUT2D eigenvalue weighted by molar-refractivity contribution is 6.32. The first-order valence-corrected chi connectivity index (χ1v) is 9.04. The number of rotatable bonds is 4. The lowest BCUT2D eigenvalue weighted by Crippen LogP contribution is -2.46. The standard InChI is InChI=1S/C17H26ClN5O/c1-19-17(21-11-13-5-9-24-10-6-13)22-14-4-8-23(12-14)16-15(18)3-2-7-20-16/h2-3,7,13-14H,4-6,8-12H2,1H3,(H2,19,21,22). The number of nitrogens with one attached hydrogen (secondary N) is 2. The Morgan fingerprint density at radius 3 is 3.00 bits per heavy atom. The highest BCUT2D eigenvalue weighted by atomic mass is 35.5. The van der Waals surface area contributed by atoms with E-state index < -0.39 is 0 Å². The molecule has 0 radical (unpaired) electrons. The highest BCUT2D eigenvalue weighted by Crippen LogP contribution is 2.25. The number of guanidine groups is 1. The van der Waals surface area contributed by atoms with E-state index in [-0.39, 0.29) is 0 Å². The van der Waals surface area contributed by atoms with Crippen molar-refractivity contribution in [2.45, 2.75) is 25.3 Å². The molecular formula is C17H26ClN5O. The van der Waals surface area contributed by atoms with Crippen LogP contribution in [0.25, 0.3) is 0 Å². The first kappa shape index (κ1) is 17.3. The second-order valence-corrected chi connectivity index (χ2v) is 6.80. The van der Waals surface area contributed by atoms with Gasteiger partial charge in [-0.2, -0.15) is 0 Å².